The summed E-state index contributed by atoms with van der Waals surface area (Å²) in [6.45, 7) is 3.73. The number of piperazine rings is 1. The minimum absolute atomic E-state index is 0.0263. The molecule has 0 saturated carbocycles. The minimum Gasteiger partial charge on any atom is -0.338 e. The molecule has 0 aliphatic carbocycles. The molecule has 9 nitrogen and oxygen atoms in total. The molecule has 0 unspecified atom stereocenters. The average Bonchev–Trinajstić information content (AvgIpc) is 2.82. The minimum atomic E-state index is -3.70. The van der Waals surface area contributed by atoms with Crippen LogP contribution in [-0.2, 0) is 21.4 Å². The van der Waals surface area contributed by atoms with Crippen molar-refractivity contribution in [3.05, 3.63) is 69.6 Å². The highest BCUT2D eigenvalue weighted by molar-refractivity contribution is 7.89. The van der Waals surface area contributed by atoms with Gasteiger partial charge in [0, 0.05) is 26.2 Å². The Morgan fingerprint density at radius 2 is 1.73 bits per heavy atom. The molecule has 0 radical (unpaired) electrons. The normalized spacial score (nSPS) is 14.9. The van der Waals surface area contributed by atoms with Crippen LogP contribution in [0, 0.1) is 25.2 Å². The van der Waals surface area contributed by atoms with Crippen molar-refractivity contribution in [2.24, 2.45) is 0 Å². The van der Waals surface area contributed by atoms with E-state index >= 15 is 0 Å². The molecule has 0 N–H and O–H groups in total. The van der Waals surface area contributed by atoms with E-state index in [0.717, 1.165) is 15.5 Å². The summed E-state index contributed by atoms with van der Waals surface area (Å²) in [4.78, 5) is 26.9. The molecule has 0 bridgehead atoms. The Hall–Kier alpha value is -3.55. The van der Waals surface area contributed by atoms with Gasteiger partial charge in [0.15, 0.2) is 0 Å². The van der Waals surface area contributed by atoms with Crippen LogP contribution in [0.5, 0.6) is 0 Å². The maximum atomic E-state index is 13.1. The zero-order valence-electron chi connectivity index (χ0n) is 18.4. The largest absolute Gasteiger partial charge is 0.338 e. The van der Waals surface area contributed by atoms with Crippen molar-refractivity contribution in [2.75, 3.05) is 26.2 Å². The van der Waals surface area contributed by atoms with Gasteiger partial charge in [-0.1, -0.05) is 30.3 Å². The fourth-order valence-electron chi connectivity index (χ4n) is 3.89. The van der Waals surface area contributed by atoms with Gasteiger partial charge in [0.2, 0.25) is 15.9 Å². The van der Waals surface area contributed by atoms with Gasteiger partial charge < -0.3 is 4.90 Å². The van der Waals surface area contributed by atoms with Crippen molar-refractivity contribution < 1.29 is 13.2 Å². The van der Waals surface area contributed by atoms with Crippen LogP contribution in [0.1, 0.15) is 16.8 Å². The van der Waals surface area contributed by atoms with Gasteiger partial charge in [0.25, 0.3) is 5.56 Å². The first-order valence-electron chi connectivity index (χ1n) is 10.5. The maximum absolute atomic E-state index is 13.1. The second-order valence-corrected chi connectivity index (χ2v) is 9.89. The zero-order valence-corrected chi connectivity index (χ0v) is 19.2. The number of fused-ring (bicyclic) bond motifs is 1. The first-order chi connectivity index (χ1) is 15.7. The molecule has 1 aliphatic heterocycles. The van der Waals surface area contributed by atoms with Crippen LogP contribution in [-0.4, -0.2) is 59.5 Å². The van der Waals surface area contributed by atoms with Crippen LogP contribution >= 0.6 is 0 Å². The van der Waals surface area contributed by atoms with Crippen LogP contribution in [0.3, 0.4) is 0 Å². The number of amides is 1. The van der Waals surface area contributed by atoms with Crippen molar-refractivity contribution in [1.82, 2.24) is 19.0 Å². The van der Waals surface area contributed by atoms with Crippen molar-refractivity contribution in [2.45, 2.75) is 25.3 Å². The van der Waals surface area contributed by atoms with Gasteiger partial charge in [-0.2, -0.15) is 14.7 Å². The smallest absolute Gasteiger partial charge is 0.285 e. The highest BCUT2D eigenvalue weighted by Gasteiger charge is 2.30. The lowest BCUT2D eigenvalue weighted by Gasteiger charge is -2.34. The van der Waals surface area contributed by atoms with E-state index < -0.39 is 15.6 Å². The molecular formula is C23H23N5O4S. The summed E-state index contributed by atoms with van der Waals surface area (Å²) in [7, 11) is -3.70. The molecule has 33 heavy (non-hydrogen) atoms. The first kappa shape index (κ1) is 22.6. The molecule has 4 rings (SSSR count). The Balaban J connectivity index is 1.46. The van der Waals surface area contributed by atoms with E-state index in [4.69, 9.17) is 0 Å². The third-order valence-corrected chi connectivity index (χ3v) is 7.88. The van der Waals surface area contributed by atoms with Gasteiger partial charge in [-0.05, 0) is 42.3 Å². The highest BCUT2D eigenvalue weighted by Crippen LogP contribution is 2.23. The Labute approximate surface area is 191 Å². The van der Waals surface area contributed by atoms with Gasteiger partial charge in [-0.3, -0.25) is 9.59 Å². The molecule has 2 aromatic carbocycles. The average molecular weight is 466 g/mol. The third kappa shape index (κ3) is 4.25. The summed E-state index contributed by atoms with van der Waals surface area (Å²) in [6.07, 6.45) is 0. The molecule has 1 aromatic heterocycles. The van der Waals surface area contributed by atoms with Gasteiger partial charge in [-0.25, -0.2) is 13.1 Å². The van der Waals surface area contributed by atoms with E-state index in [1.807, 2.05) is 30.3 Å². The number of hydrogen-bond donors (Lipinski definition) is 0. The van der Waals surface area contributed by atoms with Crippen LogP contribution in [0.25, 0.3) is 10.8 Å². The summed E-state index contributed by atoms with van der Waals surface area (Å²) < 4.78 is 28.6. The van der Waals surface area contributed by atoms with Crippen molar-refractivity contribution in [3.63, 3.8) is 0 Å². The van der Waals surface area contributed by atoms with Crippen molar-refractivity contribution in [3.8, 4) is 6.07 Å². The van der Waals surface area contributed by atoms with E-state index in [2.05, 4.69) is 5.10 Å². The fraction of sp³-hybridized carbons (Fsp3) is 0.304. The number of sulfonamides is 1. The Bertz CT molecular complexity index is 1450. The molecule has 170 valence electrons. The van der Waals surface area contributed by atoms with Gasteiger partial charge in [0.1, 0.15) is 18.2 Å². The number of benzene rings is 2. The van der Waals surface area contributed by atoms with Gasteiger partial charge >= 0.3 is 0 Å². The lowest BCUT2D eigenvalue weighted by molar-refractivity contribution is -0.133. The van der Waals surface area contributed by atoms with Crippen LogP contribution in [0.2, 0.25) is 0 Å². The molecule has 1 fully saturated rings. The maximum Gasteiger partial charge on any atom is 0.285 e. The number of carbonyl (C=O) groups is 1. The van der Waals surface area contributed by atoms with E-state index in [1.54, 1.807) is 32.0 Å². The number of nitriles is 1. The fourth-order valence-corrected chi connectivity index (χ4v) is 5.35. The van der Waals surface area contributed by atoms with E-state index in [-0.39, 0.29) is 49.1 Å². The van der Waals surface area contributed by atoms with Gasteiger partial charge in [0.05, 0.1) is 10.6 Å². The van der Waals surface area contributed by atoms with E-state index in [1.165, 1.54) is 9.21 Å². The number of carbonyl (C=O) groups excluding carboxylic acids is 1. The molecule has 1 saturated heterocycles. The molecule has 0 spiro atoms. The molecular weight excluding hydrogens is 442 g/mol. The second kappa shape index (κ2) is 8.77. The predicted molar refractivity (Wildman–Crippen MR) is 122 cm³/mol. The number of hydrogen-bond acceptors (Lipinski definition) is 6. The summed E-state index contributed by atoms with van der Waals surface area (Å²) in [6, 6.07) is 14.5. The number of rotatable bonds is 4. The van der Waals surface area contributed by atoms with Crippen molar-refractivity contribution >= 4 is 26.7 Å². The molecule has 10 heteroatoms. The Morgan fingerprint density at radius 1 is 1.06 bits per heavy atom. The lowest BCUT2D eigenvalue weighted by atomic mass is 10.1. The van der Waals surface area contributed by atoms with Crippen LogP contribution in [0.4, 0.5) is 0 Å². The molecule has 1 aliphatic rings. The Morgan fingerprint density at radius 3 is 2.39 bits per heavy atom. The zero-order chi connectivity index (χ0) is 23.8. The standard InChI is InChI=1S/C23H23N5O4S/c1-16-17(2)25-28(23(30)21(16)14-24)15-22(29)26-9-11-27(12-10-26)33(31,32)20-8-7-18-5-3-4-6-19(18)13-20/h3-8,13H,9-12,15H2,1-2H3. The van der Waals surface area contributed by atoms with Crippen LogP contribution < -0.4 is 5.56 Å². The highest BCUT2D eigenvalue weighted by atomic mass is 32.2. The molecule has 0 atom stereocenters. The summed E-state index contributed by atoms with van der Waals surface area (Å²) >= 11 is 0. The second-order valence-electron chi connectivity index (χ2n) is 7.95. The topological polar surface area (TPSA) is 116 Å². The molecule has 2 heterocycles. The number of nitrogens with zero attached hydrogens (tertiary/aromatic N) is 5. The van der Waals surface area contributed by atoms with Crippen molar-refractivity contribution in [1.29, 1.82) is 5.26 Å². The number of aromatic nitrogens is 2. The quantitative estimate of drug-likeness (QED) is 0.575. The Kier molecular flexibility index (Phi) is 6.01. The van der Waals surface area contributed by atoms with Crippen LogP contribution in [0.15, 0.2) is 52.2 Å². The molecule has 1 amide bonds. The summed E-state index contributed by atoms with van der Waals surface area (Å²) in [5.41, 5.74) is 0.372. The monoisotopic (exact) mass is 465 g/mol. The third-order valence-electron chi connectivity index (χ3n) is 5.98. The van der Waals surface area contributed by atoms with E-state index in [9.17, 15) is 23.3 Å². The number of aryl methyl sites for hydroxylation is 1. The van der Waals surface area contributed by atoms with E-state index in [0.29, 0.717) is 11.3 Å². The lowest BCUT2D eigenvalue weighted by Crippen LogP contribution is -2.51. The summed E-state index contributed by atoms with van der Waals surface area (Å²) in [5, 5.41) is 15.2. The SMILES string of the molecule is Cc1nn(CC(=O)N2CCN(S(=O)(=O)c3ccc4ccccc4c3)CC2)c(=O)c(C#N)c1C. The van der Waals surface area contributed by atoms with Gasteiger partial charge in [-0.15, -0.1) is 0 Å². The molecule has 3 aromatic rings. The summed E-state index contributed by atoms with van der Waals surface area (Å²) in [5.74, 6) is -0.348. The first-order valence-corrected chi connectivity index (χ1v) is 11.9. The predicted octanol–water partition coefficient (Wildman–Crippen LogP) is 1.42.